The Morgan fingerprint density at radius 3 is 2.80 bits per heavy atom. The summed E-state index contributed by atoms with van der Waals surface area (Å²) in [6, 6.07) is 0. The molecule has 2 aromatic heterocycles. The molecule has 0 aliphatic carbocycles. The summed E-state index contributed by atoms with van der Waals surface area (Å²) >= 11 is 1.59. The summed E-state index contributed by atoms with van der Waals surface area (Å²) < 4.78 is 2.13. The first-order valence-electron chi connectivity index (χ1n) is 7.06. The standard InChI is InChI=1S/C13H20N6S/c1-3-6-19-9-15-10-11(18-7-4-14-5-8-18)16-13(20-2)17-12(10)19/h9,14H,3-8H2,1-2H3. The molecule has 6 nitrogen and oxygen atoms in total. The van der Waals surface area contributed by atoms with Gasteiger partial charge in [0.25, 0.3) is 0 Å². The van der Waals surface area contributed by atoms with Crippen LogP contribution in [0.15, 0.2) is 11.5 Å². The van der Waals surface area contributed by atoms with Crippen LogP contribution in [-0.4, -0.2) is 52.0 Å². The number of aromatic nitrogens is 4. The minimum absolute atomic E-state index is 0.823. The Kier molecular flexibility index (Phi) is 4.07. The number of piperazine rings is 1. The van der Waals surface area contributed by atoms with Crippen molar-refractivity contribution in [2.24, 2.45) is 0 Å². The maximum absolute atomic E-state index is 4.69. The van der Waals surface area contributed by atoms with E-state index in [0.717, 1.165) is 61.3 Å². The molecule has 20 heavy (non-hydrogen) atoms. The first-order chi connectivity index (χ1) is 9.83. The fourth-order valence-electron chi connectivity index (χ4n) is 2.50. The van der Waals surface area contributed by atoms with Crippen LogP contribution in [-0.2, 0) is 6.54 Å². The van der Waals surface area contributed by atoms with Crippen LogP contribution in [0.4, 0.5) is 5.82 Å². The van der Waals surface area contributed by atoms with E-state index in [9.17, 15) is 0 Å². The Hall–Kier alpha value is -1.34. The van der Waals surface area contributed by atoms with E-state index in [-0.39, 0.29) is 0 Å². The summed E-state index contributed by atoms with van der Waals surface area (Å²) in [5, 5.41) is 4.19. The van der Waals surface area contributed by atoms with E-state index in [2.05, 4.69) is 31.7 Å². The van der Waals surface area contributed by atoms with Crippen LogP contribution in [0.3, 0.4) is 0 Å². The fraction of sp³-hybridized carbons (Fsp3) is 0.615. The molecule has 0 unspecified atom stereocenters. The molecule has 0 atom stereocenters. The number of nitrogens with one attached hydrogen (secondary N) is 1. The van der Waals surface area contributed by atoms with Crippen molar-refractivity contribution in [2.45, 2.75) is 25.0 Å². The Labute approximate surface area is 123 Å². The van der Waals surface area contributed by atoms with Crippen molar-refractivity contribution in [1.82, 2.24) is 24.8 Å². The predicted molar refractivity (Wildman–Crippen MR) is 82.5 cm³/mol. The summed E-state index contributed by atoms with van der Waals surface area (Å²) in [6.07, 6.45) is 4.98. The molecule has 3 rings (SSSR count). The second-order valence-electron chi connectivity index (χ2n) is 4.88. The monoisotopic (exact) mass is 292 g/mol. The lowest BCUT2D eigenvalue weighted by Crippen LogP contribution is -2.44. The minimum Gasteiger partial charge on any atom is -0.352 e. The Morgan fingerprint density at radius 2 is 2.10 bits per heavy atom. The molecule has 1 fully saturated rings. The lowest BCUT2D eigenvalue weighted by Gasteiger charge is -2.28. The Morgan fingerprint density at radius 1 is 1.30 bits per heavy atom. The van der Waals surface area contributed by atoms with E-state index in [1.807, 2.05) is 12.6 Å². The molecule has 3 heterocycles. The molecule has 0 aromatic carbocycles. The van der Waals surface area contributed by atoms with E-state index in [4.69, 9.17) is 4.98 Å². The zero-order valence-corrected chi connectivity index (χ0v) is 12.8. The minimum atomic E-state index is 0.823. The number of nitrogens with zero attached hydrogens (tertiary/aromatic N) is 5. The molecule has 2 aromatic rings. The topological polar surface area (TPSA) is 58.9 Å². The highest BCUT2D eigenvalue weighted by Gasteiger charge is 2.19. The van der Waals surface area contributed by atoms with Gasteiger partial charge in [-0.15, -0.1) is 0 Å². The van der Waals surface area contributed by atoms with Gasteiger partial charge in [-0.2, -0.15) is 0 Å². The molecule has 1 aliphatic heterocycles. The van der Waals surface area contributed by atoms with Crippen molar-refractivity contribution in [1.29, 1.82) is 0 Å². The molecule has 1 aliphatic rings. The Balaban J connectivity index is 2.09. The highest BCUT2D eigenvalue weighted by molar-refractivity contribution is 7.98. The van der Waals surface area contributed by atoms with Crippen LogP contribution in [0.25, 0.3) is 11.2 Å². The molecule has 1 saturated heterocycles. The van der Waals surface area contributed by atoms with Gasteiger partial charge in [0.2, 0.25) is 0 Å². The van der Waals surface area contributed by atoms with Gasteiger partial charge in [0.1, 0.15) is 0 Å². The number of aryl methyl sites for hydroxylation is 1. The maximum atomic E-state index is 4.69. The summed E-state index contributed by atoms with van der Waals surface area (Å²) in [4.78, 5) is 16.2. The van der Waals surface area contributed by atoms with Crippen LogP contribution < -0.4 is 10.2 Å². The lowest BCUT2D eigenvalue weighted by atomic mass is 10.3. The Bertz CT molecular complexity index is 590. The molecule has 1 N–H and O–H groups in total. The van der Waals surface area contributed by atoms with Gasteiger partial charge in [0.05, 0.1) is 6.33 Å². The second-order valence-corrected chi connectivity index (χ2v) is 5.65. The molecule has 0 saturated carbocycles. The van der Waals surface area contributed by atoms with Crippen LogP contribution in [0.5, 0.6) is 0 Å². The SMILES string of the molecule is CCCn1cnc2c(N3CCNCC3)nc(SC)nc21. The van der Waals surface area contributed by atoms with Gasteiger partial charge in [0.15, 0.2) is 22.1 Å². The number of thioether (sulfide) groups is 1. The quantitative estimate of drug-likeness (QED) is 0.678. The normalized spacial score (nSPS) is 16.0. The molecular formula is C13H20N6S. The molecule has 108 valence electrons. The summed E-state index contributed by atoms with van der Waals surface area (Å²) in [5.41, 5.74) is 1.89. The lowest BCUT2D eigenvalue weighted by molar-refractivity contribution is 0.584. The van der Waals surface area contributed by atoms with Gasteiger partial charge >= 0.3 is 0 Å². The highest BCUT2D eigenvalue weighted by Crippen LogP contribution is 2.25. The first kappa shape index (κ1) is 13.6. The fourth-order valence-corrected chi connectivity index (χ4v) is 2.86. The molecular weight excluding hydrogens is 272 g/mol. The predicted octanol–water partition coefficient (Wildman–Crippen LogP) is 1.37. The van der Waals surface area contributed by atoms with Gasteiger partial charge in [-0.3, -0.25) is 0 Å². The van der Waals surface area contributed by atoms with Gasteiger partial charge < -0.3 is 14.8 Å². The van der Waals surface area contributed by atoms with E-state index in [1.54, 1.807) is 11.8 Å². The average Bonchev–Trinajstić information content (AvgIpc) is 2.91. The third-order valence-electron chi connectivity index (χ3n) is 3.49. The number of imidazole rings is 1. The van der Waals surface area contributed by atoms with Crippen molar-refractivity contribution in [3.05, 3.63) is 6.33 Å². The molecule has 0 amide bonds. The number of fused-ring (bicyclic) bond motifs is 1. The zero-order chi connectivity index (χ0) is 13.9. The van der Waals surface area contributed by atoms with Gasteiger partial charge in [0, 0.05) is 32.7 Å². The third kappa shape index (κ3) is 2.47. The van der Waals surface area contributed by atoms with Gasteiger partial charge in [-0.25, -0.2) is 15.0 Å². The summed E-state index contributed by atoms with van der Waals surface area (Å²) in [7, 11) is 0. The van der Waals surface area contributed by atoms with E-state index in [1.165, 1.54) is 0 Å². The van der Waals surface area contributed by atoms with Crippen molar-refractivity contribution in [3.8, 4) is 0 Å². The summed E-state index contributed by atoms with van der Waals surface area (Å²) in [6.45, 7) is 7.05. The zero-order valence-electron chi connectivity index (χ0n) is 12.0. The van der Waals surface area contributed by atoms with E-state index >= 15 is 0 Å². The van der Waals surface area contributed by atoms with Crippen molar-refractivity contribution in [2.75, 3.05) is 37.3 Å². The molecule has 7 heteroatoms. The first-order valence-corrected chi connectivity index (χ1v) is 8.28. The second kappa shape index (κ2) is 5.97. The molecule has 0 bridgehead atoms. The highest BCUT2D eigenvalue weighted by atomic mass is 32.2. The van der Waals surface area contributed by atoms with Crippen LogP contribution in [0.2, 0.25) is 0 Å². The van der Waals surface area contributed by atoms with Gasteiger partial charge in [-0.05, 0) is 12.7 Å². The number of rotatable bonds is 4. The van der Waals surface area contributed by atoms with E-state index in [0.29, 0.717) is 0 Å². The van der Waals surface area contributed by atoms with Crippen LogP contribution in [0.1, 0.15) is 13.3 Å². The summed E-state index contributed by atoms with van der Waals surface area (Å²) in [5.74, 6) is 0.982. The van der Waals surface area contributed by atoms with Gasteiger partial charge in [-0.1, -0.05) is 18.7 Å². The maximum Gasteiger partial charge on any atom is 0.191 e. The number of hydrogen-bond acceptors (Lipinski definition) is 6. The average molecular weight is 292 g/mol. The van der Waals surface area contributed by atoms with Crippen molar-refractivity contribution >= 4 is 28.7 Å². The number of anilines is 1. The third-order valence-corrected chi connectivity index (χ3v) is 4.04. The van der Waals surface area contributed by atoms with Crippen molar-refractivity contribution in [3.63, 3.8) is 0 Å². The van der Waals surface area contributed by atoms with Crippen molar-refractivity contribution < 1.29 is 0 Å². The number of hydrogen-bond donors (Lipinski definition) is 1. The molecule has 0 spiro atoms. The van der Waals surface area contributed by atoms with E-state index < -0.39 is 0 Å². The molecule has 0 radical (unpaired) electrons. The van der Waals surface area contributed by atoms with Crippen LogP contribution >= 0.6 is 11.8 Å². The van der Waals surface area contributed by atoms with Crippen LogP contribution in [0, 0.1) is 0 Å². The smallest absolute Gasteiger partial charge is 0.191 e. The largest absolute Gasteiger partial charge is 0.352 e.